The molecule has 0 saturated carbocycles. The van der Waals surface area contributed by atoms with Crippen LogP contribution in [-0.2, 0) is 17.9 Å². The lowest BCUT2D eigenvalue weighted by Crippen LogP contribution is -2.41. The lowest BCUT2D eigenvalue weighted by Gasteiger charge is -2.29. The molecule has 0 aliphatic carbocycles. The molecule has 1 saturated heterocycles. The van der Waals surface area contributed by atoms with E-state index in [1.54, 1.807) is 5.01 Å². The summed E-state index contributed by atoms with van der Waals surface area (Å²) in [6, 6.07) is 20.5. The van der Waals surface area contributed by atoms with E-state index < -0.39 is 0 Å². The molecule has 2 aliphatic heterocycles. The predicted octanol–water partition coefficient (Wildman–Crippen LogP) is 2.91. The van der Waals surface area contributed by atoms with E-state index in [0.29, 0.717) is 6.54 Å². The summed E-state index contributed by atoms with van der Waals surface area (Å²) in [7, 11) is 0. The molecule has 2 aromatic rings. The van der Waals surface area contributed by atoms with Gasteiger partial charge in [0.2, 0.25) is 0 Å². The molecule has 1 atom stereocenters. The normalized spacial score (nSPS) is 20.8. The van der Waals surface area contributed by atoms with Crippen molar-refractivity contribution in [1.29, 1.82) is 0 Å². The van der Waals surface area contributed by atoms with Crippen LogP contribution in [0.4, 0.5) is 0 Å². The van der Waals surface area contributed by atoms with Gasteiger partial charge in [-0.1, -0.05) is 60.7 Å². The van der Waals surface area contributed by atoms with Crippen LogP contribution in [0.2, 0.25) is 0 Å². The van der Waals surface area contributed by atoms with Crippen LogP contribution in [0.25, 0.3) is 0 Å². The highest BCUT2D eigenvalue weighted by molar-refractivity contribution is 6.09. The standard InChI is InChI=1S/C20H21N3O/c24-20-18-11-12-22(13-16-7-3-1-4-8-16)15-19(18)21-23(20)14-17-9-5-2-6-10-17/h1-10,18H,11-15H2. The molecular formula is C20H21N3O. The van der Waals surface area contributed by atoms with Gasteiger partial charge in [0.25, 0.3) is 5.91 Å². The van der Waals surface area contributed by atoms with E-state index in [9.17, 15) is 4.79 Å². The average Bonchev–Trinajstić information content (AvgIpc) is 2.92. The SMILES string of the molecule is O=C1C2CCN(Cc3ccccc3)CC2=NN1Cc1ccccc1. The Hall–Kier alpha value is -2.46. The van der Waals surface area contributed by atoms with Crippen LogP contribution in [0.3, 0.4) is 0 Å². The second-order valence-corrected chi connectivity index (χ2v) is 6.51. The number of hydrogen-bond acceptors (Lipinski definition) is 3. The number of hydrogen-bond donors (Lipinski definition) is 0. The molecule has 0 N–H and O–H groups in total. The number of benzene rings is 2. The van der Waals surface area contributed by atoms with E-state index in [0.717, 1.165) is 37.3 Å². The summed E-state index contributed by atoms with van der Waals surface area (Å²) in [6.45, 7) is 3.22. The number of likely N-dealkylation sites (tertiary alicyclic amines) is 1. The Labute approximate surface area is 142 Å². The first kappa shape index (κ1) is 15.1. The Bertz CT molecular complexity index is 742. The minimum Gasteiger partial charge on any atom is -0.293 e. The van der Waals surface area contributed by atoms with Crippen LogP contribution in [0.1, 0.15) is 17.5 Å². The van der Waals surface area contributed by atoms with E-state index in [-0.39, 0.29) is 11.8 Å². The summed E-state index contributed by atoms with van der Waals surface area (Å²) >= 11 is 0. The Morgan fingerprint density at radius 3 is 2.21 bits per heavy atom. The Balaban J connectivity index is 1.44. The molecule has 0 spiro atoms. The number of piperidine rings is 1. The summed E-state index contributed by atoms with van der Waals surface area (Å²) in [5.74, 6) is 0.147. The minimum atomic E-state index is -0.0132. The number of hydrazone groups is 1. The maximum absolute atomic E-state index is 12.6. The molecule has 2 aromatic carbocycles. The molecule has 4 heteroatoms. The van der Waals surface area contributed by atoms with Gasteiger partial charge >= 0.3 is 0 Å². The Kier molecular flexibility index (Phi) is 4.13. The van der Waals surface area contributed by atoms with Crippen LogP contribution in [0.15, 0.2) is 65.8 Å². The molecule has 0 bridgehead atoms. The maximum Gasteiger partial charge on any atom is 0.251 e. The van der Waals surface area contributed by atoms with Crippen LogP contribution in [0, 0.1) is 5.92 Å². The van der Waals surface area contributed by atoms with Crippen LogP contribution < -0.4 is 0 Å². The predicted molar refractivity (Wildman–Crippen MR) is 94.3 cm³/mol. The Morgan fingerprint density at radius 2 is 1.54 bits per heavy atom. The molecule has 4 rings (SSSR count). The average molecular weight is 319 g/mol. The second-order valence-electron chi connectivity index (χ2n) is 6.51. The monoisotopic (exact) mass is 319 g/mol. The molecule has 1 unspecified atom stereocenters. The van der Waals surface area contributed by atoms with Gasteiger partial charge in [-0.2, -0.15) is 5.10 Å². The minimum absolute atomic E-state index is 0.0132. The fourth-order valence-electron chi connectivity index (χ4n) is 3.49. The molecule has 1 fully saturated rings. The van der Waals surface area contributed by atoms with E-state index >= 15 is 0 Å². The Morgan fingerprint density at radius 1 is 0.917 bits per heavy atom. The first-order valence-corrected chi connectivity index (χ1v) is 8.48. The van der Waals surface area contributed by atoms with Crippen molar-refractivity contribution in [1.82, 2.24) is 9.91 Å². The van der Waals surface area contributed by atoms with Crippen molar-refractivity contribution in [2.45, 2.75) is 19.5 Å². The van der Waals surface area contributed by atoms with E-state index in [1.807, 2.05) is 36.4 Å². The van der Waals surface area contributed by atoms with Crippen LogP contribution >= 0.6 is 0 Å². The highest BCUT2D eigenvalue weighted by Crippen LogP contribution is 2.26. The highest BCUT2D eigenvalue weighted by Gasteiger charge is 2.39. The molecule has 0 radical (unpaired) electrons. The third-order valence-electron chi connectivity index (χ3n) is 4.75. The summed E-state index contributed by atoms with van der Waals surface area (Å²) in [5.41, 5.74) is 3.45. The quantitative estimate of drug-likeness (QED) is 0.869. The smallest absolute Gasteiger partial charge is 0.251 e. The van der Waals surface area contributed by atoms with Crippen LogP contribution in [0.5, 0.6) is 0 Å². The van der Waals surface area contributed by atoms with Crippen LogP contribution in [-0.4, -0.2) is 34.6 Å². The number of carbonyl (C=O) groups is 1. The third-order valence-corrected chi connectivity index (χ3v) is 4.75. The largest absolute Gasteiger partial charge is 0.293 e. The summed E-state index contributed by atoms with van der Waals surface area (Å²) in [5, 5.41) is 6.29. The molecule has 1 amide bonds. The van der Waals surface area contributed by atoms with Gasteiger partial charge in [0.15, 0.2) is 0 Å². The van der Waals surface area contributed by atoms with Crippen molar-refractivity contribution >= 4 is 11.6 Å². The van der Waals surface area contributed by atoms with Gasteiger partial charge in [-0.25, -0.2) is 5.01 Å². The van der Waals surface area contributed by atoms with Crippen molar-refractivity contribution < 1.29 is 4.79 Å². The number of amides is 1. The van der Waals surface area contributed by atoms with Crippen molar-refractivity contribution in [2.75, 3.05) is 13.1 Å². The fraction of sp³-hybridized carbons (Fsp3) is 0.300. The first-order chi connectivity index (χ1) is 11.8. The molecule has 24 heavy (non-hydrogen) atoms. The summed E-state index contributed by atoms with van der Waals surface area (Å²) in [4.78, 5) is 15.0. The number of nitrogens with zero attached hydrogens (tertiary/aromatic N) is 3. The topological polar surface area (TPSA) is 35.9 Å². The van der Waals surface area contributed by atoms with Crippen molar-refractivity contribution in [3.8, 4) is 0 Å². The van der Waals surface area contributed by atoms with Gasteiger partial charge in [-0.3, -0.25) is 9.69 Å². The molecule has 122 valence electrons. The van der Waals surface area contributed by atoms with E-state index in [1.165, 1.54) is 5.56 Å². The zero-order chi connectivity index (χ0) is 16.4. The number of fused-ring (bicyclic) bond motifs is 1. The molecule has 0 aromatic heterocycles. The van der Waals surface area contributed by atoms with Crippen molar-refractivity contribution in [2.24, 2.45) is 11.0 Å². The lowest BCUT2D eigenvalue weighted by atomic mass is 9.94. The second kappa shape index (κ2) is 6.57. The van der Waals surface area contributed by atoms with Crippen molar-refractivity contribution in [3.63, 3.8) is 0 Å². The van der Waals surface area contributed by atoms with Gasteiger partial charge in [-0.15, -0.1) is 0 Å². The molecule has 2 aliphatic rings. The maximum atomic E-state index is 12.6. The highest BCUT2D eigenvalue weighted by atomic mass is 16.2. The van der Waals surface area contributed by atoms with Gasteiger partial charge < -0.3 is 0 Å². The molecular weight excluding hydrogens is 298 g/mol. The van der Waals surface area contributed by atoms with E-state index in [2.05, 4.69) is 34.3 Å². The lowest BCUT2D eigenvalue weighted by molar-refractivity contribution is -0.132. The van der Waals surface area contributed by atoms with Gasteiger partial charge in [0.05, 0.1) is 18.2 Å². The fourth-order valence-corrected chi connectivity index (χ4v) is 3.49. The summed E-state index contributed by atoms with van der Waals surface area (Å²) < 4.78 is 0. The van der Waals surface area contributed by atoms with Crippen molar-refractivity contribution in [3.05, 3.63) is 71.8 Å². The number of rotatable bonds is 4. The van der Waals surface area contributed by atoms with Gasteiger partial charge in [0.1, 0.15) is 0 Å². The molecule has 2 heterocycles. The zero-order valence-corrected chi connectivity index (χ0v) is 13.6. The van der Waals surface area contributed by atoms with Gasteiger partial charge in [0, 0.05) is 19.6 Å². The number of carbonyl (C=O) groups excluding carboxylic acids is 1. The molecule has 4 nitrogen and oxygen atoms in total. The third kappa shape index (κ3) is 3.10. The van der Waals surface area contributed by atoms with Gasteiger partial charge in [-0.05, 0) is 17.5 Å². The first-order valence-electron chi connectivity index (χ1n) is 8.48. The summed E-state index contributed by atoms with van der Waals surface area (Å²) in [6.07, 6.45) is 0.871. The van der Waals surface area contributed by atoms with E-state index in [4.69, 9.17) is 0 Å². The zero-order valence-electron chi connectivity index (χ0n) is 13.6.